The van der Waals surface area contributed by atoms with Gasteiger partial charge in [-0.05, 0) is 68.6 Å². The van der Waals surface area contributed by atoms with Gasteiger partial charge in [0.05, 0.1) is 15.9 Å². The highest BCUT2D eigenvalue weighted by atomic mass is 32.1. The minimum Gasteiger partial charge on any atom is -0.344 e. The zero-order valence-corrected chi connectivity index (χ0v) is 29.9. The second kappa shape index (κ2) is 12.9. The van der Waals surface area contributed by atoms with Crippen molar-refractivity contribution in [2.75, 3.05) is 11.9 Å². The summed E-state index contributed by atoms with van der Waals surface area (Å²) in [5.41, 5.74) is 11.0. The van der Waals surface area contributed by atoms with Gasteiger partial charge in [0, 0.05) is 45.2 Å². The minimum absolute atomic E-state index is 0.729. The van der Waals surface area contributed by atoms with Crippen LogP contribution in [-0.4, -0.2) is 17.0 Å². The van der Waals surface area contributed by atoms with Crippen LogP contribution in [0.2, 0.25) is 0 Å². The monoisotopic (exact) mass is 695 g/mol. The van der Waals surface area contributed by atoms with Crippen LogP contribution < -0.4 is 4.90 Å². The molecule has 3 nitrogen and oxygen atoms in total. The van der Waals surface area contributed by atoms with Crippen LogP contribution in [0, 0.1) is 0 Å². The van der Waals surface area contributed by atoms with Crippen molar-refractivity contribution in [3.05, 3.63) is 182 Å². The normalized spacial score (nSPS) is 11.5. The molecule has 2 aromatic heterocycles. The SMILES string of the molecule is CN(c1cccc(-c2cccc3sc4c(-c5ccc6c(ccc7ccccc76)c5)nc(-c5ccccc5)nc4c23)c1)c1ccccc1-c1ccccc1. The van der Waals surface area contributed by atoms with E-state index in [1.54, 1.807) is 11.3 Å². The molecule has 0 atom stereocenters. The van der Waals surface area contributed by atoms with Gasteiger partial charge in [-0.1, -0.05) is 152 Å². The molecule has 2 heterocycles. The van der Waals surface area contributed by atoms with E-state index in [1.807, 2.05) is 6.07 Å². The van der Waals surface area contributed by atoms with Gasteiger partial charge in [-0.25, -0.2) is 9.97 Å². The molecule has 8 aromatic carbocycles. The Hall–Kier alpha value is -6.62. The Labute approximate surface area is 312 Å². The molecule has 0 aliphatic heterocycles. The summed E-state index contributed by atoms with van der Waals surface area (Å²) < 4.78 is 2.29. The third kappa shape index (κ3) is 5.43. The minimum atomic E-state index is 0.729. The van der Waals surface area contributed by atoms with E-state index in [0.717, 1.165) is 60.7 Å². The number of benzene rings is 8. The first-order valence-electron chi connectivity index (χ1n) is 17.9. The number of thiophene rings is 1. The van der Waals surface area contributed by atoms with Crippen molar-refractivity contribution in [3.8, 4) is 44.9 Å². The van der Waals surface area contributed by atoms with Gasteiger partial charge >= 0.3 is 0 Å². The Bertz CT molecular complexity index is 2970. The molecule has 0 saturated carbocycles. The Kier molecular flexibility index (Phi) is 7.55. The van der Waals surface area contributed by atoms with E-state index in [2.05, 4.69) is 188 Å². The molecule has 10 rings (SSSR count). The lowest BCUT2D eigenvalue weighted by atomic mass is 9.98. The van der Waals surface area contributed by atoms with Crippen molar-refractivity contribution in [3.63, 3.8) is 0 Å². The van der Waals surface area contributed by atoms with Gasteiger partial charge in [0.25, 0.3) is 0 Å². The quantitative estimate of drug-likeness (QED) is 0.162. The van der Waals surface area contributed by atoms with Crippen molar-refractivity contribution >= 4 is 64.6 Å². The van der Waals surface area contributed by atoms with Crippen LogP contribution >= 0.6 is 11.3 Å². The first-order valence-corrected chi connectivity index (χ1v) is 18.7. The van der Waals surface area contributed by atoms with Gasteiger partial charge in [0.15, 0.2) is 5.82 Å². The Morgan fingerprint density at radius 2 is 1.15 bits per heavy atom. The van der Waals surface area contributed by atoms with Gasteiger partial charge in [-0.2, -0.15) is 0 Å². The lowest BCUT2D eigenvalue weighted by Gasteiger charge is -2.23. The van der Waals surface area contributed by atoms with E-state index in [4.69, 9.17) is 9.97 Å². The average Bonchev–Trinajstić information content (AvgIpc) is 3.62. The Balaban J connectivity index is 1.15. The van der Waals surface area contributed by atoms with Gasteiger partial charge in [0.2, 0.25) is 0 Å². The van der Waals surface area contributed by atoms with Gasteiger partial charge in [0.1, 0.15) is 0 Å². The number of anilines is 2. The molecule has 4 heteroatoms. The molecule has 0 bridgehead atoms. The molecule has 0 aliphatic carbocycles. The molecule has 0 spiro atoms. The van der Waals surface area contributed by atoms with Crippen molar-refractivity contribution in [2.45, 2.75) is 0 Å². The smallest absolute Gasteiger partial charge is 0.160 e. The molecular formula is C49H33N3S. The van der Waals surface area contributed by atoms with Crippen molar-refractivity contribution < 1.29 is 0 Å². The summed E-state index contributed by atoms with van der Waals surface area (Å²) in [6.45, 7) is 0. The molecule has 250 valence electrons. The zero-order valence-electron chi connectivity index (χ0n) is 29.1. The fraction of sp³-hybridized carbons (Fsp3) is 0.0204. The summed E-state index contributed by atoms with van der Waals surface area (Å²) >= 11 is 1.78. The van der Waals surface area contributed by atoms with Gasteiger partial charge < -0.3 is 4.90 Å². The topological polar surface area (TPSA) is 29.0 Å². The fourth-order valence-corrected chi connectivity index (χ4v) is 8.83. The van der Waals surface area contributed by atoms with Crippen LogP contribution in [0.4, 0.5) is 11.4 Å². The van der Waals surface area contributed by atoms with E-state index in [9.17, 15) is 0 Å². The molecule has 0 aliphatic rings. The fourth-order valence-electron chi connectivity index (χ4n) is 7.65. The zero-order chi connectivity index (χ0) is 35.3. The number of para-hydroxylation sites is 1. The Morgan fingerprint density at radius 3 is 2.02 bits per heavy atom. The molecule has 0 amide bonds. The third-order valence-corrected chi connectivity index (χ3v) is 11.4. The van der Waals surface area contributed by atoms with E-state index in [1.165, 1.54) is 37.4 Å². The maximum atomic E-state index is 5.35. The standard InChI is InChI=1S/C49H33N3S/c1-52(43-24-11-10-22-41(43)32-14-4-2-5-15-32)38-20-12-19-35(31-38)42-23-13-25-44-45(42)47-48(53-44)46(50-49(51-47)34-17-6-3-7-18-34)37-28-29-40-36(30-37)27-26-33-16-8-9-21-39(33)40/h2-31H,1H3. The van der Waals surface area contributed by atoms with Crippen molar-refractivity contribution in [1.82, 2.24) is 9.97 Å². The summed E-state index contributed by atoms with van der Waals surface area (Å²) in [7, 11) is 2.15. The molecule has 0 fully saturated rings. The highest BCUT2D eigenvalue weighted by molar-refractivity contribution is 7.26. The van der Waals surface area contributed by atoms with Crippen molar-refractivity contribution in [2.24, 2.45) is 0 Å². The highest BCUT2D eigenvalue weighted by Gasteiger charge is 2.20. The van der Waals surface area contributed by atoms with E-state index >= 15 is 0 Å². The first kappa shape index (κ1) is 31.1. The number of nitrogens with zero attached hydrogens (tertiary/aromatic N) is 3. The third-order valence-electron chi connectivity index (χ3n) is 10.3. The van der Waals surface area contributed by atoms with Crippen LogP contribution in [0.15, 0.2) is 182 Å². The number of rotatable bonds is 6. The predicted molar refractivity (Wildman–Crippen MR) is 226 cm³/mol. The highest BCUT2D eigenvalue weighted by Crippen LogP contribution is 2.45. The maximum Gasteiger partial charge on any atom is 0.160 e. The lowest BCUT2D eigenvalue weighted by Crippen LogP contribution is -2.10. The molecule has 0 N–H and O–H groups in total. The summed E-state index contributed by atoms with van der Waals surface area (Å²) in [5.74, 6) is 0.729. The number of fused-ring (bicyclic) bond motifs is 6. The summed E-state index contributed by atoms with van der Waals surface area (Å²) in [6, 6.07) is 64.8. The average molecular weight is 696 g/mol. The summed E-state index contributed by atoms with van der Waals surface area (Å²) in [5, 5.41) is 6.11. The van der Waals surface area contributed by atoms with Crippen molar-refractivity contribution in [1.29, 1.82) is 0 Å². The molecule has 0 unspecified atom stereocenters. The molecule has 53 heavy (non-hydrogen) atoms. The Morgan fingerprint density at radius 1 is 0.472 bits per heavy atom. The van der Waals surface area contributed by atoms with Crippen LogP contribution in [0.25, 0.3) is 86.7 Å². The van der Waals surface area contributed by atoms with Crippen LogP contribution in [0.5, 0.6) is 0 Å². The molecule has 0 radical (unpaired) electrons. The van der Waals surface area contributed by atoms with Gasteiger partial charge in [-0.3, -0.25) is 0 Å². The van der Waals surface area contributed by atoms with Crippen LogP contribution in [0.3, 0.4) is 0 Å². The number of hydrogen-bond acceptors (Lipinski definition) is 4. The first-order chi connectivity index (χ1) is 26.2. The van der Waals surface area contributed by atoms with E-state index < -0.39 is 0 Å². The number of aromatic nitrogens is 2. The summed E-state index contributed by atoms with van der Waals surface area (Å²) in [6.07, 6.45) is 0. The van der Waals surface area contributed by atoms with E-state index in [0.29, 0.717) is 0 Å². The van der Waals surface area contributed by atoms with Crippen LogP contribution in [-0.2, 0) is 0 Å². The van der Waals surface area contributed by atoms with E-state index in [-0.39, 0.29) is 0 Å². The van der Waals surface area contributed by atoms with Gasteiger partial charge in [-0.15, -0.1) is 11.3 Å². The largest absolute Gasteiger partial charge is 0.344 e. The molecular weight excluding hydrogens is 663 g/mol. The molecule has 10 aromatic rings. The van der Waals surface area contributed by atoms with Crippen LogP contribution in [0.1, 0.15) is 0 Å². The number of hydrogen-bond donors (Lipinski definition) is 0. The maximum absolute atomic E-state index is 5.35. The molecule has 0 saturated heterocycles. The summed E-state index contributed by atoms with van der Waals surface area (Å²) in [4.78, 5) is 12.9. The lowest BCUT2D eigenvalue weighted by molar-refractivity contribution is 1.21. The second-order valence-electron chi connectivity index (χ2n) is 13.4. The predicted octanol–water partition coefficient (Wildman–Crippen LogP) is 13.6. The second-order valence-corrected chi connectivity index (χ2v) is 14.5.